The Bertz CT molecular complexity index is 680. The van der Waals surface area contributed by atoms with E-state index in [1.807, 2.05) is 12.2 Å². The van der Waals surface area contributed by atoms with E-state index in [2.05, 4.69) is 0 Å². The van der Waals surface area contributed by atoms with Crippen molar-refractivity contribution in [2.45, 2.75) is 12.2 Å². The topological polar surface area (TPSA) is 83.9 Å². The predicted molar refractivity (Wildman–Crippen MR) is 70.7 cm³/mol. The van der Waals surface area contributed by atoms with Crippen molar-refractivity contribution in [3.05, 3.63) is 42.0 Å². The smallest absolute Gasteiger partial charge is 0.335 e. The molecule has 6 nitrogen and oxygen atoms in total. The lowest BCUT2D eigenvalue weighted by Gasteiger charge is -2.17. The molecule has 2 saturated heterocycles. The molecular formula is C15H11NO5. The van der Waals surface area contributed by atoms with E-state index in [1.165, 1.54) is 18.2 Å². The van der Waals surface area contributed by atoms with Crippen molar-refractivity contribution in [1.29, 1.82) is 0 Å². The van der Waals surface area contributed by atoms with Gasteiger partial charge in [-0.3, -0.25) is 9.59 Å². The summed E-state index contributed by atoms with van der Waals surface area (Å²) in [6.07, 6.45) is 2.94. The Balaban J connectivity index is 1.74. The number of amides is 2. The quantitative estimate of drug-likeness (QED) is 0.642. The van der Waals surface area contributed by atoms with E-state index >= 15 is 0 Å². The molecule has 4 atom stereocenters. The number of benzene rings is 1. The molecule has 0 aromatic heterocycles. The number of carbonyl (C=O) groups is 3. The normalized spacial score (nSPS) is 32.9. The van der Waals surface area contributed by atoms with Gasteiger partial charge < -0.3 is 9.84 Å². The minimum atomic E-state index is -1.10. The molecule has 3 aliphatic heterocycles. The molecule has 21 heavy (non-hydrogen) atoms. The maximum Gasteiger partial charge on any atom is 0.335 e. The van der Waals surface area contributed by atoms with Crippen LogP contribution in [0.1, 0.15) is 10.4 Å². The number of imide groups is 1. The van der Waals surface area contributed by atoms with Crippen LogP contribution in [0.5, 0.6) is 0 Å². The fourth-order valence-corrected chi connectivity index (χ4v) is 3.34. The van der Waals surface area contributed by atoms with Gasteiger partial charge in [0.2, 0.25) is 11.8 Å². The SMILES string of the molecule is O=C(O)c1cccc(N2C(=O)[C@@H]3[C@H](C2=O)[C@@H]2C=C[C@H]3O2)c1. The molecule has 0 saturated carbocycles. The van der Waals surface area contributed by atoms with Crippen LogP contribution in [0.4, 0.5) is 5.69 Å². The fourth-order valence-electron chi connectivity index (χ4n) is 3.34. The first kappa shape index (κ1) is 12.3. The Morgan fingerprint density at radius 2 is 1.71 bits per heavy atom. The molecule has 2 bridgehead atoms. The number of nitrogens with zero attached hydrogens (tertiary/aromatic N) is 1. The number of anilines is 1. The summed E-state index contributed by atoms with van der Waals surface area (Å²) in [6.45, 7) is 0. The van der Waals surface area contributed by atoms with E-state index < -0.39 is 17.8 Å². The molecule has 1 N–H and O–H groups in total. The molecule has 4 rings (SSSR count). The van der Waals surface area contributed by atoms with Crippen LogP contribution in [0.3, 0.4) is 0 Å². The monoisotopic (exact) mass is 285 g/mol. The molecule has 3 aliphatic rings. The van der Waals surface area contributed by atoms with Crippen molar-refractivity contribution in [3.8, 4) is 0 Å². The minimum absolute atomic E-state index is 0.0440. The summed E-state index contributed by atoms with van der Waals surface area (Å²) in [6, 6.07) is 5.86. The van der Waals surface area contributed by atoms with Crippen molar-refractivity contribution in [2.75, 3.05) is 4.90 Å². The average Bonchev–Trinajstić information content (AvgIpc) is 3.13. The number of rotatable bonds is 2. The zero-order valence-electron chi connectivity index (χ0n) is 10.8. The number of carboxylic acids is 1. The van der Waals surface area contributed by atoms with Crippen LogP contribution in [0, 0.1) is 11.8 Å². The van der Waals surface area contributed by atoms with Crippen molar-refractivity contribution >= 4 is 23.5 Å². The first-order valence-electron chi connectivity index (χ1n) is 6.63. The highest BCUT2D eigenvalue weighted by Gasteiger charge is 2.61. The van der Waals surface area contributed by atoms with E-state index in [4.69, 9.17) is 9.84 Å². The molecule has 2 amide bonds. The number of hydrogen-bond donors (Lipinski definition) is 1. The van der Waals surface area contributed by atoms with Gasteiger partial charge in [-0.2, -0.15) is 0 Å². The maximum atomic E-state index is 12.5. The third-order valence-corrected chi connectivity index (χ3v) is 4.26. The van der Waals surface area contributed by atoms with E-state index in [0.29, 0.717) is 5.69 Å². The molecule has 2 fully saturated rings. The first-order chi connectivity index (χ1) is 10.1. The summed E-state index contributed by atoms with van der Waals surface area (Å²) >= 11 is 0. The maximum absolute atomic E-state index is 12.5. The summed E-state index contributed by atoms with van der Waals surface area (Å²) in [5.74, 6) is -2.70. The van der Waals surface area contributed by atoms with E-state index in [-0.39, 0.29) is 29.6 Å². The number of fused-ring (bicyclic) bond motifs is 5. The Morgan fingerprint density at radius 3 is 2.29 bits per heavy atom. The van der Waals surface area contributed by atoms with Crippen LogP contribution >= 0.6 is 0 Å². The van der Waals surface area contributed by atoms with Crippen molar-refractivity contribution in [1.82, 2.24) is 0 Å². The largest absolute Gasteiger partial charge is 0.478 e. The number of hydrogen-bond acceptors (Lipinski definition) is 4. The van der Waals surface area contributed by atoms with Gasteiger partial charge in [0.1, 0.15) is 0 Å². The van der Waals surface area contributed by atoms with Gasteiger partial charge >= 0.3 is 5.97 Å². The summed E-state index contributed by atoms with van der Waals surface area (Å²) in [7, 11) is 0. The second-order valence-electron chi connectivity index (χ2n) is 5.37. The lowest BCUT2D eigenvalue weighted by molar-refractivity contribution is -0.124. The molecule has 106 valence electrons. The highest BCUT2D eigenvalue weighted by molar-refractivity contribution is 6.23. The van der Waals surface area contributed by atoms with Crippen LogP contribution in [0.25, 0.3) is 0 Å². The summed E-state index contributed by atoms with van der Waals surface area (Å²) < 4.78 is 5.55. The zero-order chi connectivity index (χ0) is 14.7. The highest BCUT2D eigenvalue weighted by atomic mass is 16.5. The number of carbonyl (C=O) groups excluding carboxylic acids is 2. The van der Waals surface area contributed by atoms with Crippen LogP contribution in [0.2, 0.25) is 0 Å². The van der Waals surface area contributed by atoms with Crippen LogP contribution < -0.4 is 4.90 Å². The summed E-state index contributed by atoms with van der Waals surface area (Å²) in [5, 5.41) is 9.02. The average molecular weight is 285 g/mol. The van der Waals surface area contributed by atoms with Gasteiger partial charge in [-0.1, -0.05) is 18.2 Å². The first-order valence-corrected chi connectivity index (χ1v) is 6.63. The Morgan fingerprint density at radius 1 is 1.10 bits per heavy atom. The predicted octanol–water partition coefficient (Wildman–Crippen LogP) is 0.828. The lowest BCUT2D eigenvalue weighted by Crippen LogP contribution is -2.34. The summed E-state index contributed by atoms with van der Waals surface area (Å²) in [5.41, 5.74) is 0.348. The number of aromatic carboxylic acids is 1. The van der Waals surface area contributed by atoms with Gasteiger partial charge in [0.15, 0.2) is 0 Å². The number of ether oxygens (including phenoxy) is 1. The van der Waals surface area contributed by atoms with Gasteiger partial charge in [0, 0.05) is 0 Å². The van der Waals surface area contributed by atoms with Gasteiger partial charge in [-0.25, -0.2) is 9.69 Å². The van der Waals surface area contributed by atoms with Crippen LogP contribution in [0.15, 0.2) is 36.4 Å². The van der Waals surface area contributed by atoms with Gasteiger partial charge in [0.25, 0.3) is 0 Å². The van der Waals surface area contributed by atoms with Crippen LogP contribution in [-0.2, 0) is 14.3 Å². The molecule has 1 aromatic carbocycles. The van der Waals surface area contributed by atoms with E-state index in [0.717, 1.165) is 4.90 Å². The van der Waals surface area contributed by atoms with Crippen molar-refractivity contribution < 1.29 is 24.2 Å². The third-order valence-electron chi connectivity index (χ3n) is 4.26. The molecule has 6 heteroatoms. The molecule has 0 spiro atoms. The Labute approximate surface area is 119 Å². The molecular weight excluding hydrogens is 274 g/mol. The molecule has 3 heterocycles. The standard InChI is InChI=1S/C15H11NO5/c17-13-11-9-4-5-10(21-9)12(11)14(18)16(13)8-3-1-2-7(6-8)15(19)20/h1-6,9-12H,(H,19,20)/t9-,10+,11+,12-. The lowest BCUT2D eigenvalue weighted by atomic mass is 9.85. The Kier molecular flexibility index (Phi) is 2.35. The molecule has 0 radical (unpaired) electrons. The van der Waals surface area contributed by atoms with Crippen molar-refractivity contribution in [2.24, 2.45) is 11.8 Å². The van der Waals surface area contributed by atoms with Crippen molar-refractivity contribution in [3.63, 3.8) is 0 Å². The number of carboxylic acid groups (broad SMARTS) is 1. The highest BCUT2D eigenvalue weighted by Crippen LogP contribution is 2.46. The van der Waals surface area contributed by atoms with Gasteiger partial charge in [-0.05, 0) is 18.2 Å². The van der Waals surface area contributed by atoms with E-state index in [1.54, 1.807) is 6.07 Å². The minimum Gasteiger partial charge on any atom is -0.478 e. The molecule has 0 aliphatic carbocycles. The molecule has 1 aromatic rings. The third kappa shape index (κ3) is 1.53. The second-order valence-corrected chi connectivity index (χ2v) is 5.37. The fraction of sp³-hybridized carbons (Fsp3) is 0.267. The van der Waals surface area contributed by atoms with Gasteiger partial charge in [-0.15, -0.1) is 0 Å². The van der Waals surface area contributed by atoms with E-state index in [9.17, 15) is 14.4 Å². The van der Waals surface area contributed by atoms with Crippen LogP contribution in [-0.4, -0.2) is 35.1 Å². The van der Waals surface area contributed by atoms with Gasteiger partial charge in [0.05, 0.1) is 35.3 Å². The molecule has 0 unspecified atom stereocenters. The Hall–Kier alpha value is -2.47. The zero-order valence-corrected chi connectivity index (χ0v) is 10.8. The second kappa shape index (κ2) is 4.02. The summed E-state index contributed by atoms with van der Waals surface area (Å²) in [4.78, 5) is 37.1.